The SMILES string of the molecule is CC1NC(=O)CCC1NC(=O)c1cccnc1OCc1ccccc1F. The Morgan fingerprint density at radius 1 is 1.35 bits per heavy atom. The van der Waals surface area contributed by atoms with Crippen LogP contribution in [0.2, 0.25) is 0 Å². The van der Waals surface area contributed by atoms with Crippen LogP contribution >= 0.6 is 0 Å². The van der Waals surface area contributed by atoms with Crippen LogP contribution in [-0.4, -0.2) is 28.9 Å². The average Bonchev–Trinajstić information content (AvgIpc) is 2.63. The van der Waals surface area contributed by atoms with Gasteiger partial charge in [0.05, 0.1) is 0 Å². The number of carbonyl (C=O) groups excluding carboxylic acids is 2. The number of pyridine rings is 1. The monoisotopic (exact) mass is 357 g/mol. The summed E-state index contributed by atoms with van der Waals surface area (Å²) < 4.78 is 19.3. The lowest BCUT2D eigenvalue weighted by molar-refractivity contribution is -0.123. The minimum atomic E-state index is -0.374. The number of nitrogens with one attached hydrogen (secondary N) is 2. The number of hydrogen-bond acceptors (Lipinski definition) is 4. The van der Waals surface area contributed by atoms with Crippen molar-refractivity contribution < 1.29 is 18.7 Å². The number of piperidine rings is 1. The highest BCUT2D eigenvalue weighted by molar-refractivity contribution is 5.96. The summed E-state index contributed by atoms with van der Waals surface area (Å²) in [7, 11) is 0. The molecule has 6 nitrogen and oxygen atoms in total. The van der Waals surface area contributed by atoms with Gasteiger partial charge in [0.25, 0.3) is 5.91 Å². The van der Waals surface area contributed by atoms with Crippen molar-refractivity contribution in [2.75, 3.05) is 0 Å². The van der Waals surface area contributed by atoms with Gasteiger partial charge in [-0.25, -0.2) is 9.37 Å². The van der Waals surface area contributed by atoms with E-state index < -0.39 is 0 Å². The average molecular weight is 357 g/mol. The first-order valence-corrected chi connectivity index (χ1v) is 8.46. The van der Waals surface area contributed by atoms with Crippen LogP contribution < -0.4 is 15.4 Å². The molecule has 26 heavy (non-hydrogen) atoms. The zero-order valence-corrected chi connectivity index (χ0v) is 14.4. The van der Waals surface area contributed by atoms with Crippen LogP contribution in [0.4, 0.5) is 4.39 Å². The Labute approximate surface area is 150 Å². The molecular weight excluding hydrogens is 337 g/mol. The maximum Gasteiger partial charge on any atom is 0.257 e. The Hall–Kier alpha value is -2.96. The molecule has 2 atom stereocenters. The number of ether oxygens (including phenoxy) is 1. The highest BCUT2D eigenvalue weighted by Crippen LogP contribution is 2.18. The highest BCUT2D eigenvalue weighted by atomic mass is 19.1. The molecule has 1 aliphatic heterocycles. The molecule has 3 rings (SSSR count). The molecule has 1 aromatic carbocycles. The van der Waals surface area contributed by atoms with Gasteiger partial charge in [-0.3, -0.25) is 9.59 Å². The minimum Gasteiger partial charge on any atom is -0.472 e. The van der Waals surface area contributed by atoms with Gasteiger partial charge in [0, 0.05) is 30.3 Å². The number of rotatable bonds is 5. The largest absolute Gasteiger partial charge is 0.472 e. The summed E-state index contributed by atoms with van der Waals surface area (Å²) in [5.74, 6) is -0.588. The van der Waals surface area contributed by atoms with Crippen LogP contribution in [0.3, 0.4) is 0 Å². The first-order valence-electron chi connectivity index (χ1n) is 8.46. The van der Waals surface area contributed by atoms with Crippen molar-refractivity contribution in [1.82, 2.24) is 15.6 Å². The summed E-state index contributed by atoms with van der Waals surface area (Å²) >= 11 is 0. The molecule has 7 heteroatoms. The van der Waals surface area contributed by atoms with E-state index in [1.807, 2.05) is 6.92 Å². The zero-order chi connectivity index (χ0) is 18.5. The zero-order valence-electron chi connectivity index (χ0n) is 14.4. The fourth-order valence-electron chi connectivity index (χ4n) is 2.85. The third kappa shape index (κ3) is 4.17. The van der Waals surface area contributed by atoms with Crippen LogP contribution in [0.1, 0.15) is 35.7 Å². The molecule has 2 amide bonds. The number of benzene rings is 1. The standard InChI is InChI=1S/C19H20FN3O3/c1-12-16(8-9-17(24)22-12)23-18(25)14-6-4-10-21-19(14)26-11-13-5-2-3-7-15(13)20/h2-7,10,12,16H,8-9,11H2,1H3,(H,22,24)(H,23,25). The van der Waals surface area contributed by atoms with Crippen molar-refractivity contribution in [2.24, 2.45) is 0 Å². The molecule has 2 unspecified atom stereocenters. The third-order valence-electron chi connectivity index (χ3n) is 4.33. The minimum absolute atomic E-state index is 0.0155. The number of nitrogens with zero attached hydrogens (tertiary/aromatic N) is 1. The van der Waals surface area contributed by atoms with Crippen LogP contribution in [0.5, 0.6) is 5.88 Å². The van der Waals surface area contributed by atoms with Crippen molar-refractivity contribution in [1.29, 1.82) is 0 Å². The maximum absolute atomic E-state index is 13.7. The Morgan fingerprint density at radius 3 is 2.92 bits per heavy atom. The normalized spacial score (nSPS) is 19.5. The molecule has 0 aliphatic carbocycles. The fourth-order valence-corrected chi connectivity index (χ4v) is 2.85. The molecule has 2 aromatic rings. The smallest absolute Gasteiger partial charge is 0.257 e. The van der Waals surface area contributed by atoms with Gasteiger partial charge in [0.2, 0.25) is 11.8 Å². The van der Waals surface area contributed by atoms with E-state index in [1.54, 1.807) is 30.3 Å². The van der Waals surface area contributed by atoms with Crippen LogP contribution in [0.15, 0.2) is 42.6 Å². The van der Waals surface area contributed by atoms with Gasteiger partial charge in [-0.05, 0) is 31.5 Å². The highest BCUT2D eigenvalue weighted by Gasteiger charge is 2.27. The summed E-state index contributed by atoms with van der Waals surface area (Å²) in [4.78, 5) is 28.1. The van der Waals surface area contributed by atoms with Crippen LogP contribution in [0.25, 0.3) is 0 Å². The van der Waals surface area contributed by atoms with E-state index in [2.05, 4.69) is 15.6 Å². The number of amides is 2. The van der Waals surface area contributed by atoms with E-state index in [9.17, 15) is 14.0 Å². The number of carbonyl (C=O) groups is 2. The summed E-state index contributed by atoms with van der Waals surface area (Å²) in [6.45, 7) is 1.82. The first-order chi connectivity index (χ1) is 12.5. The van der Waals surface area contributed by atoms with Crippen molar-refractivity contribution in [3.8, 4) is 5.88 Å². The molecule has 0 radical (unpaired) electrons. The predicted molar refractivity (Wildman–Crippen MR) is 93.1 cm³/mol. The van der Waals surface area contributed by atoms with E-state index in [4.69, 9.17) is 4.74 Å². The summed E-state index contributed by atoms with van der Waals surface area (Å²) in [5, 5.41) is 5.72. The third-order valence-corrected chi connectivity index (χ3v) is 4.33. The topological polar surface area (TPSA) is 80.3 Å². The Kier molecular flexibility index (Phi) is 5.46. The van der Waals surface area contributed by atoms with E-state index in [1.165, 1.54) is 12.3 Å². The van der Waals surface area contributed by atoms with Gasteiger partial charge in [0.1, 0.15) is 18.0 Å². The van der Waals surface area contributed by atoms with Gasteiger partial charge in [-0.1, -0.05) is 18.2 Å². The van der Waals surface area contributed by atoms with E-state index >= 15 is 0 Å². The maximum atomic E-state index is 13.7. The van der Waals surface area contributed by atoms with Crippen molar-refractivity contribution >= 4 is 11.8 Å². The van der Waals surface area contributed by atoms with Gasteiger partial charge >= 0.3 is 0 Å². The Bertz CT molecular complexity index is 812. The van der Waals surface area contributed by atoms with Crippen molar-refractivity contribution in [3.63, 3.8) is 0 Å². The fraction of sp³-hybridized carbons (Fsp3) is 0.316. The van der Waals surface area contributed by atoms with Gasteiger partial charge in [0.15, 0.2) is 0 Å². The van der Waals surface area contributed by atoms with E-state index in [-0.39, 0.29) is 47.8 Å². The second-order valence-electron chi connectivity index (χ2n) is 6.21. The number of aromatic nitrogens is 1. The summed E-state index contributed by atoms with van der Waals surface area (Å²) in [6.07, 6.45) is 2.46. The Morgan fingerprint density at radius 2 is 2.15 bits per heavy atom. The predicted octanol–water partition coefficient (Wildman–Crippen LogP) is 2.20. The summed E-state index contributed by atoms with van der Waals surface area (Å²) in [6, 6.07) is 9.20. The molecule has 0 bridgehead atoms. The molecular formula is C19H20FN3O3. The van der Waals surface area contributed by atoms with Crippen molar-refractivity contribution in [2.45, 2.75) is 38.5 Å². The molecule has 2 N–H and O–H groups in total. The molecule has 0 spiro atoms. The Balaban J connectivity index is 1.69. The molecule has 0 saturated carbocycles. The second-order valence-corrected chi connectivity index (χ2v) is 6.21. The molecule has 2 heterocycles. The van der Waals surface area contributed by atoms with Crippen LogP contribution in [-0.2, 0) is 11.4 Å². The number of halogens is 1. The second kappa shape index (κ2) is 7.95. The van der Waals surface area contributed by atoms with Gasteiger partial charge in [-0.2, -0.15) is 0 Å². The van der Waals surface area contributed by atoms with Crippen molar-refractivity contribution in [3.05, 3.63) is 59.5 Å². The molecule has 1 saturated heterocycles. The van der Waals surface area contributed by atoms with E-state index in [0.29, 0.717) is 18.4 Å². The quantitative estimate of drug-likeness (QED) is 0.860. The lowest BCUT2D eigenvalue weighted by Gasteiger charge is -2.30. The molecule has 136 valence electrons. The number of hydrogen-bond donors (Lipinski definition) is 2. The van der Waals surface area contributed by atoms with Gasteiger partial charge < -0.3 is 15.4 Å². The first kappa shape index (κ1) is 17.8. The summed E-state index contributed by atoms with van der Waals surface area (Å²) in [5.41, 5.74) is 0.654. The molecule has 1 aliphatic rings. The molecule has 1 aromatic heterocycles. The lowest BCUT2D eigenvalue weighted by atomic mass is 9.99. The van der Waals surface area contributed by atoms with Crippen LogP contribution in [0, 0.1) is 5.82 Å². The van der Waals surface area contributed by atoms with Gasteiger partial charge in [-0.15, -0.1) is 0 Å². The van der Waals surface area contributed by atoms with E-state index in [0.717, 1.165) is 0 Å². The molecule has 1 fully saturated rings. The lowest BCUT2D eigenvalue weighted by Crippen LogP contribution is -2.54.